The molecule has 1 N–H and O–H groups in total. The molecule has 0 saturated carbocycles. The molecule has 3 nitrogen and oxygen atoms in total. The SMILES string of the molecule is CN1CCC(Nc2cccnc2)C1. The van der Waals surface area contributed by atoms with Crippen molar-refractivity contribution >= 4 is 5.69 Å². The van der Waals surface area contributed by atoms with Gasteiger partial charge in [0.1, 0.15) is 0 Å². The van der Waals surface area contributed by atoms with Gasteiger partial charge in [-0.3, -0.25) is 4.98 Å². The number of nitrogens with one attached hydrogen (secondary N) is 1. The van der Waals surface area contributed by atoms with E-state index in [-0.39, 0.29) is 0 Å². The number of pyridine rings is 1. The second-order valence-electron chi connectivity index (χ2n) is 3.63. The summed E-state index contributed by atoms with van der Waals surface area (Å²) in [6.45, 7) is 2.33. The molecule has 1 aliphatic heterocycles. The molecule has 2 heterocycles. The maximum absolute atomic E-state index is 4.07. The fourth-order valence-corrected chi connectivity index (χ4v) is 1.74. The summed E-state index contributed by atoms with van der Waals surface area (Å²) in [5, 5.41) is 3.47. The molecule has 0 bridgehead atoms. The zero-order chi connectivity index (χ0) is 9.10. The predicted octanol–water partition coefficient (Wildman–Crippen LogP) is 1.20. The Morgan fingerprint density at radius 2 is 2.54 bits per heavy atom. The molecule has 1 atom stereocenters. The highest BCUT2D eigenvalue weighted by Gasteiger charge is 2.18. The lowest BCUT2D eigenvalue weighted by molar-refractivity contribution is 0.414. The van der Waals surface area contributed by atoms with Crippen molar-refractivity contribution in [2.45, 2.75) is 12.5 Å². The zero-order valence-electron chi connectivity index (χ0n) is 7.90. The van der Waals surface area contributed by atoms with Gasteiger partial charge in [-0.25, -0.2) is 0 Å². The van der Waals surface area contributed by atoms with Gasteiger partial charge in [0.25, 0.3) is 0 Å². The number of aromatic nitrogens is 1. The quantitative estimate of drug-likeness (QED) is 0.735. The summed E-state index contributed by atoms with van der Waals surface area (Å²) in [5.74, 6) is 0. The molecule has 1 aromatic heterocycles. The lowest BCUT2D eigenvalue weighted by atomic mass is 10.2. The van der Waals surface area contributed by atoms with Gasteiger partial charge in [0.05, 0.1) is 5.69 Å². The average molecular weight is 177 g/mol. The Morgan fingerprint density at radius 3 is 3.15 bits per heavy atom. The minimum Gasteiger partial charge on any atom is -0.380 e. The molecule has 0 amide bonds. The lowest BCUT2D eigenvalue weighted by Gasteiger charge is -2.13. The summed E-state index contributed by atoms with van der Waals surface area (Å²) < 4.78 is 0. The Bertz CT molecular complexity index is 260. The molecular formula is C10H15N3. The van der Waals surface area contributed by atoms with Crippen LogP contribution in [0.1, 0.15) is 6.42 Å². The summed E-state index contributed by atoms with van der Waals surface area (Å²) in [7, 11) is 2.16. The molecular weight excluding hydrogens is 162 g/mol. The van der Waals surface area contributed by atoms with E-state index in [2.05, 4.69) is 28.3 Å². The van der Waals surface area contributed by atoms with E-state index >= 15 is 0 Å². The summed E-state index contributed by atoms with van der Waals surface area (Å²) in [5.41, 5.74) is 1.13. The number of hydrogen-bond acceptors (Lipinski definition) is 3. The van der Waals surface area contributed by atoms with Crippen LogP contribution in [0, 0.1) is 0 Å². The van der Waals surface area contributed by atoms with Gasteiger partial charge in [-0.1, -0.05) is 0 Å². The minimum absolute atomic E-state index is 0.592. The minimum atomic E-state index is 0.592. The van der Waals surface area contributed by atoms with E-state index in [4.69, 9.17) is 0 Å². The van der Waals surface area contributed by atoms with Crippen LogP contribution in [0.5, 0.6) is 0 Å². The number of hydrogen-bond donors (Lipinski definition) is 1. The Balaban J connectivity index is 1.92. The topological polar surface area (TPSA) is 28.2 Å². The van der Waals surface area contributed by atoms with E-state index in [1.54, 1.807) is 6.20 Å². The standard InChI is InChI=1S/C10H15N3/c1-13-6-4-10(8-13)12-9-3-2-5-11-7-9/h2-3,5,7,10,12H,4,6,8H2,1H3. The molecule has 0 aromatic carbocycles. The number of likely N-dealkylation sites (tertiary alicyclic amines) is 1. The van der Waals surface area contributed by atoms with Crippen LogP contribution in [0.4, 0.5) is 5.69 Å². The highest BCUT2D eigenvalue weighted by Crippen LogP contribution is 2.12. The molecule has 1 unspecified atom stereocenters. The third kappa shape index (κ3) is 2.18. The fourth-order valence-electron chi connectivity index (χ4n) is 1.74. The zero-order valence-corrected chi connectivity index (χ0v) is 7.90. The van der Waals surface area contributed by atoms with Crippen molar-refractivity contribution in [1.29, 1.82) is 0 Å². The highest BCUT2D eigenvalue weighted by atomic mass is 15.2. The van der Waals surface area contributed by atoms with Gasteiger partial charge >= 0.3 is 0 Å². The van der Waals surface area contributed by atoms with E-state index in [1.807, 2.05) is 12.3 Å². The van der Waals surface area contributed by atoms with Crippen molar-refractivity contribution < 1.29 is 0 Å². The molecule has 0 aliphatic carbocycles. The van der Waals surface area contributed by atoms with E-state index in [1.165, 1.54) is 13.0 Å². The van der Waals surface area contributed by atoms with Crippen LogP contribution >= 0.6 is 0 Å². The molecule has 1 fully saturated rings. The first kappa shape index (κ1) is 8.51. The molecule has 3 heteroatoms. The molecule has 2 rings (SSSR count). The van der Waals surface area contributed by atoms with E-state index in [0.29, 0.717) is 6.04 Å². The van der Waals surface area contributed by atoms with Crippen molar-refractivity contribution in [2.24, 2.45) is 0 Å². The third-order valence-electron chi connectivity index (χ3n) is 2.42. The van der Waals surface area contributed by atoms with Crippen molar-refractivity contribution in [2.75, 3.05) is 25.5 Å². The van der Waals surface area contributed by atoms with E-state index in [0.717, 1.165) is 12.2 Å². The Labute approximate surface area is 78.8 Å². The summed E-state index contributed by atoms with van der Waals surface area (Å²) in [6.07, 6.45) is 4.90. The first-order chi connectivity index (χ1) is 6.34. The van der Waals surface area contributed by atoms with Crippen molar-refractivity contribution in [3.63, 3.8) is 0 Å². The Kier molecular flexibility index (Phi) is 2.45. The monoisotopic (exact) mass is 177 g/mol. The van der Waals surface area contributed by atoms with Crippen molar-refractivity contribution in [3.05, 3.63) is 24.5 Å². The van der Waals surface area contributed by atoms with Crippen LogP contribution in [0.25, 0.3) is 0 Å². The van der Waals surface area contributed by atoms with Crippen molar-refractivity contribution in [3.8, 4) is 0 Å². The van der Waals surface area contributed by atoms with Crippen LogP contribution in [0.3, 0.4) is 0 Å². The molecule has 13 heavy (non-hydrogen) atoms. The molecule has 1 aromatic rings. The van der Waals surface area contributed by atoms with E-state index < -0.39 is 0 Å². The first-order valence-electron chi connectivity index (χ1n) is 4.70. The van der Waals surface area contributed by atoms with Crippen LogP contribution in [-0.4, -0.2) is 36.1 Å². The number of rotatable bonds is 2. The highest BCUT2D eigenvalue weighted by molar-refractivity contribution is 5.41. The summed E-state index contributed by atoms with van der Waals surface area (Å²) >= 11 is 0. The molecule has 1 saturated heterocycles. The van der Waals surface area contributed by atoms with Crippen molar-refractivity contribution in [1.82, 2.24) is 9.88 Å². The van der Waals surface area contributed by atoms with Gasteiger partial charge in [-0.2, -0.15) is 0 Å². The van der Waals surface area contributed by atoms with E-state index in [9.17, 15) is 0 Å². The van der Waals surface area contributed by atoms with Gasteiger partial charge in [0, 0.05) is 25.0 Å². The normalized spacial score (nSPS) is 23.3. The number of nitrogens with zero attached hydrogens (tertiary/aromatic N) is 2. The number of likely N-dealkylation sites (N-methyl/N-ethyl adjacent to an activating group) is 1. The maximum Gasteiger partial charge on any atom is 0.0529 e. The Morgan fingerprint density at radius 1 is 1.62 bits per heavy atom. The summed E-state index contributed by atoms with van der Waals surface area (Å²) in [6, 6.07) is 4.61. The molecule has 0 radical (unpaired) electrons. The Hall–Kier alpha value is -1.09. The van der Waals surface area contributed by atoms with Gasteiger partial charge in [0.2, 0.25) is 0 Å². The lowest BCUT2D eigenvalue weighted by Crippen LogP contribution is -2.23. The molecule has 1 aliphatic rings. The molecule has 70 valence electrons. The van der Waals surface area contributed by atoms with Gasteiger partial charge in [-0.15, -0.1) is 0 Å². The fraction of sp³-hybridized carbons (Fsp3) is 0.500. The van der Waals surface area contributed by atoms with Crippen LogP contribution in [-0.2, 0) is 0 Å². The second kappa shape index (κ2) is 3.75. The van der Waals surface area contributed by atoms with Crippen LogP contribution in [0.15, 0.2) is 24.5 Å². The first-order valence-corrected chi connectivity index (χ1v) is 4.70. The van der Waals surface area contributed by atoms with Gasteiger partial charge in [-0.05, 0) is 32.1 Å². The predicted molar refractivity (Wildman–Crippen MR) is 53.8 cm³/mol. The third-order valence-corrected chi connectivity index (χ3v) is 2.42. The van der Waals surface area contributed by atoms with Crippen LogP contribution in [0.2, 0.25) is 0 Å². The maximum atomic E-state index is 4.07. The molecule has 0 spiro atoms. The second-order valence-corrected chi connectivity index (χ2v) is 3.63. The average Bonchev–Trinajstić information content (AvgIpc) is 2.53. The van der Waals surface area contributed by atoms with Gasteiger partial charge in [0.15, 0.2) is 0 Å². The largest absolute Gasteiger partial charge is 0.380 e. The summed E-state index contributed by atoms with van der Waals surface area (Å²) in [4.78, 5) is 6.41. The van der Waals surface area contributed by atoms with Gasteiger partial charge < -0.3 is 10.2 Å². The number of anilines is 1. The van der Waals surface area contributed by atoms with Crippen LogP contribution < -0.4 is 5.32 Å². The smallest absolute Gasteiger partial charge is 0.0529 e.